The van der Waals surface area contributed by atoms with E-state index in [1.54, 1.807) is 18.2 Å². The highest BCUT2D eigenvalue weighted by atomic mass is 35.5. The monoisotopic (exact) mass is 433 g/mol. The fourth-order valence-corrected chi connectivity index (χ4v) is 4.21. The molecule has 0 N–H and O–H groups in total. The predicted octanol–water partition coefficient (Wildman–Crippen LogP) is 5.39. The SMILES string of the molecule is COC(=O)/C=C/c1cc(F)cc2c3c(n(Cc4ccc(Cl)cc4Cl)c12)CCOC3. The van der Waals surface area contributed by atoms with Crippen molar-refractivity contribution in [2.75, 3.05) is 13.7 Å². The van der Waals surface area contributed by atoms with Gasteiger partial charge < -0.3 is 14.0 Å². The Hall–Kier alpha value is -2.34. The normalized spacial score (nSPS) is 13.8. The molecule has 0 fully saturated rings. The second kappa shape index (κ2) is 8.19. The van der Waals surface area contributed by atoms with E-state index in [-0.39, 0.29) is 5.82 Å². The smallest absolute Gasteiger partial charge is 0.330 e. The molecule has 4 rings (SSSR count). The minimum atomic E-state index is -0.505. The van der Waals surface area contributed by atoms with Crippen LogP contribution in [0.1, 0.15) is 22.4 Å². The minimum Gasteiger partial charge on any atom is -0.466 e. The number of nitrogens with zero attached hydrogens (tertiary/aromatic N) is 1. The molecule has 7 heteroatoms. The second-order valence-electron chi connectivity index (χ2n) is 6.80. The van der Waals surface area contributed by atoms with Crippen LogP contribution in [0.25, 0.3) is 17.0 Å². The molecular formula is C22H18Cl2FNO3. The zero-order valence-corrected chi connectivity index (χ0v) is 17.2. The van der Waals surface area contributed by atoms with Gasteiger partial charge in [0, 0.05) is 51.3 Å². The molecule has 29 heavy (non-hydrogen) atoms. The molecule has 0 amide bonds. The van der Waals surface area contributed by atoms with Gasteiger partial charge in [0.05, 0.1) is 25.8 Å². The Morgan fingerprint density at radius 1 is 1.31 bits per heavy atom. The lowest BCUT2D eigenvalue weighted by molar-refractivity contribution is -0.134. The fraction of sp³-hybridized carbons (Fsp3) is 0.227. The molecule has 0 unspecified atom stereocenters. The van der Waals surface area contributed by atoms with Crippen LogP contribution in [0.3, 0.4) is 0 Å². The number of hydrogen-bond donors (Lipinski definition) is 0. The molecule has 0 spiro atoms. The standard InChI is InChI=1S/C22H18Cl2FNO3/c1-28-21(27)5-3-13-8-16(25)10-17-18-12-29-7-6-20(18)26(22(13)17)11-14-2-4-15(23)9-19(14)24/h2-5,8-10H,6-7,11-12H2,1H3/b5-3+. The van der Waals surface area contributed by atoms with E-state index >= 15 is 0 Å². The Kier molecular flexibility index (Phi) is 5.63. The van der Waals surface area contributed by atoms with Crippen molar-refractivity contribution in [3.05, 3.63) is 74.7 Å². The number of halogens is 3. The van der Waals surface area contributed by atoms with E-state index < -0.39 is 5.97 Å². The second-order valence-corrected chi connectivity index (χ2v) is 7.64. The number of ether oxygens (including phenoxy) is 2. The highest BCUT2D eigenvalue weighted by Gasteiger charge is 2.23. The van der Waals surface area contributed by atoms with Gasteiger partial charge >= 0.3 is 5.97 Å². The van der Waals surface area contributed by atoms with Crippen LogP contribution in [-0.2, 0) is 33.8 Å². The molecule has 2 heterocycles. The maximum absolute atomic E-state index is 14.4. The average molecular weight is 434 g/mol. The first-order chi connectivity index (χ1) is 14.0. The first kappa shape index (κ1) is 20.0. The summed E-state index contributed by atoms with van der Waals surface area (Å²) < 4.78 is 26.8. The summed E-state index contributed by atoms with van der Waals surface area (Å²) in [5, 5.41) is 1.90. The van der Waals surface area contributed by atoms with Crippen molar-refractivity contribution in [2.24, 2.45) is 0 Å². The highest BCUT2D eigenvalue weighted by molar-refractivity contribution is 6.35. The van der Waals surface area contributed by atoms with Gasteiger partial charge in [0.2, 0.25) is 0 Å². The van der Waals surface area contributed by atoms with E-state index in [4.69, 9.17) is 27.9 Å². The first-order valence-electron chi connectivity index (χ1n) is 9.09. The third kappa shape index (κ3) is 3.90. The molecule has 1 aromatic heterocycles. The van der Waals surface area contributed by atoms with Crippen LogP contribution < -0.4 is 0 Å². The molecule has 3 aromatic rings. The summed E-state index contributed by atoms with van der Waals surface area (Å²) in [7, 11) is 1.30. The van der Waals surface area contributed by atoms with Gasteiger partial charge in [-0.2, -0.15) is 0 Å². The van der Waals surface area contributed by atoms with Crippen molar-refractivity contribution in [1.29, 1.82) is 0 Å². The Morgan fingerprint density at radius 2 is 2.14 bits per heavy atom. The lowest BCUT2D eigenvalue weighted by Gasteiger charge is -2.17. The van der Waals surface area contributed by atoms with Crippen LogP contribution in [0, 0.1) is 5.82 Å². The van der Waals surface area contributed by atoms with Crippen LogP contribution in [0.2, 0.25) is 10.0 Å². The maximum atomic E-state index is 14.4. The number of carbonyl (C=O) groups excluding carboxylic acids is 1. The quantitative estimate of drug-likeness (QED) is 0.408. The van der Waals surface area contributed by atoms with Gasteiger partial charge in [-0.25, -0.2) is 9.18 Å². The zero-order valence-electron chi connectivity index (χ0n) is 15.7. The van der Waals surface area contributed by atoms with Crippen molar-refractivity contribution >= 4 is 46.2 Å². The van der Waals surface area contributed by atoms with Crippen LogP contribution in [-0.4, -0.2) is 24.3 Å². The summed E-state index contributed by atoms with van der Waals surface area (Å²) in [5.41, 5.74) is 4.35. The van der Waals surface area contributed by atoms with Crippen LogP contribution in [0.5, 0.6) is 0 Å². The van der Waals surface area contributed by atoms with E-state index in [0.717, 1.165) is 27.7 Å². The van der Waals surface area contributed by atoms with Crippen molar-refractivity contribution in [1.82, 2.24) is 4.57 Å². The molecule has 0 bridgehead atoms. The highest BCUT2D eigenvalue weighted by Crippen LogP contribution is 2.35. The van der Waals surface area contributed by atoms with Gasteiger partial charge in [0.25, 0.3) is 0 Å². The van der Waals surface area contributed by atoms with Crippen LogP contribution in [0.15, 0.2) is 36.4 Å². The van der Waals surface area contributed by atoms with E-state index in [2.05, 4.69) is 9.30 Å². The molecule has 0 saturated heterocycles. The molecule has 2 aromatic carbocycles. The van der Waals surface area contributed by atoms with Crippen LogP contribution in [0.4, 0.5) is 4.39 Å². The first-order valence-corrected chi connectivity index (χ1v) is 9.84. The number of carbonyl (C=O) groups is 1. The predicted molar refractivity (Wildman–Crippen MR) is 112 cm³/mol. The molecule has 4 nitrogen and oxygen atoms in total. The Balaban J connectivity index is 1.94. The van der Waals surface area contributed by atoms with Gasteiger partial charge in [0.15, 0.2) is 0 Å². The number of esters is 1. The van der Waals surface area contributed by atoms with Gasteiger partial charge in [-0.1, -0.05) is 29.3 Å². The summed E-state index contributed by atoms with van der Waals surface area (Å²) in [4.78, 5) is 11.6. The lowest BCUT2D eigenvalue weighted by Crippen LogP contribution is -2.14. The Morgan fingerprint density at radius 3 is 2.90 bits per heavy atom. The minimum absolute atomic E-state index is 0.378. The number of benzene rings is 2. The summed E-state index contributed by atoms with van der Waals surface area (Å²) in [6, 6.07) is 8.31. The number of rotatable bonds is 4. The number of hydrogen-bond acceptors (Lipinski definition) is 3. The van der Waals surface area contributed by atoms with Gasteiger partial charge in [-0.05, 0) is 35.9 Å². The molecule has 0 aliphatic carbocycles. The Bertz CT molecular complexity index is 1140. The molecule has 0 saturated carbocycles. The van der Waals surface area contributed by atoms with Gasteiger partial charge in [-0.3, -0.25) is 0 Å². The van der Waals surface area contributed by atoms with Gasteiger partial charge in [-0.15, -0.1) is 0 Å². The Labute approximate surface area is 177 Å². The van der Waals surface area contributed by atoms with E-state index in [0.29, 0.717) is 41.8 Å². The zero-order chi connectivity index (χ0) is 20.5. The number of fused-ring (bicyclic) bond motifs is 3. The molecule has 150 valence electrons. The van der Waals surface area contributed by atoms with Crippen molar-refractivity contribution < 1.29 is 18.7 Å². The van der Waals surface area contributed by atoms with E-state index in [1.807, 2.05) is 6.07 Å². The maximum Gasteiger partial charge on any atom is 0.330 e. The summed E-state index contributed by atoms with van der Waals surface area (Å²) in [6.45, 7) is 1.50. The average Bonchev–Trinajstić information content (AvgIpc) is 3.01. The topological polar surface area (TPSA) is 40.5 Å². The van der Waals surface area contributed by atoms with E-state index in [9.17, 15) is 9.18 Å². The fourth-order valence-electron chi connectivity index (χ4n) is 3.74. The summed E-state index contributed by atoms with van der Waals surface area (Å²) in [5.74, 6) is -0.883. The molecule has 1 aliphatic heterocycles. The van der Waals surface area contributed by atoms with Crippen molar-refractivity contribution in [2.45, 2.75) is 19.6 Å². The number of methoxy groups -OCH3 is 1. The lowest BCUT2D eigenvalue weighted by atomic mass is 10.1. The summed E-state index contributed by atoms with van der Waals surface area (Å²) >= 11 is 12.4. The largest absolute Gasteiger partial charge is 0.466 e. The third-order valence-electron chi connectivity index (χ3n) is 5.05. The third-order valence-corrected chi connectivity index (χ3v) is 5.63. The summed E-state index contributed by atoms with van der Waals surface area (Å²) in [6.07, 6.45) is 3.57. The number of aromatic nitrogens is 1. The van der Waals surface area contributed by atoms with E-state index in [1.165, 1.54) is 25.3 Å². The molecule has 0 atom stereocenters. The van der Waals surface area contributed by atoms with Crippen LogP contribution >= 0.6 is 23.2 Å². The molecular weight excluding hydrogens is 416 g/mol. The van der Waals surface area contributed by atoms with Gasteiger partial charge in [0.1, 0.15) is 5.82 Å². The van der Waals surface area contributed by atoms with Crippen molar-refractivity contribution in [3.8, 4) is 0 Å². The van der Waals surface area contributed by atoms with Crippen molar-refractivity contribution in [3.63, 3.8) is 0 Å². The molecule has 1 aliphatic rings. The molecule has 0 radical (unpaired) electrons.